The van der Waals surface area contributed by atoms with Crippen LogP contribution in [0, 0.1) is 6.92 Å². The molecule has 0 fully saturated rings. The van der Waals surface area contributed by atoms with Gasteiger partial charge in [-0.2, -0.15) is 0 Å². The Morgan fingerprint density at radius 3 is 2.34 bits per heavy atom. The fourth-order valence-corrected chi connectivity index (χ4v) is 5.79. The summed E-state index contributed by atoms with van der Waals surface area (Å²) in [5.41, 5.74) is 1.92. The maximum absolute atomic E-state index is 13.9. The van der Waals surface area contributed by atoms with Gasteiger partial charge in [0.25, 0.3) is 10.0 Å². The van der Waals surface area contributed by atoms with Gasteiger partial charge in [0, 0.05) is 18.1 Å². The lowest BCUT2D eigenvalue weighted by atomic mass is 10.1. The number of sulfonamides is 1. The molecule has 0 radical (unpaired) electrons. The van der Waals surface area contributed by atoms with E-state index in [1.54, 1.807) is 50.2 Å². The van der Waals surface area contributed by atoms with E-state index >= 15 is 0 Å². The average molecular weight is 603 g/mol. The van der Waals surface area contributed by atoms with Crippen LogP contribution in [0.4, 0.5) is 5.69 Å². The molecule has 10 heteroatoms. The molecule has 3 aromatic rings. The molecule has 8 nitrogen and oxygen atoms in total. The van der Waals surface area contributed by atoms with E-state index in [0.29, 0.717) is 12.4 Å². The van der Waals surface area contributed by atoms with Crippen LogP contribution < -0.4 is 14.4 Å². The SMILES string of the molecule is CCOc1ccccc1N(CC(=O)N(Cc1cccc(Br)c1)[C@H](C)C(=O)NC)S(=O)(=O)c1ccc(C)cc1. The van der Waals surface area contributed by atoms with E-state index in [2.05, 4.69) is 21.2 Å². The summed E-state index contributed by atoms with van der Waals surface area (Å²) in [4.78, 5) is 27.9. The number of carbonyl (C=O) groups excluding carboxylic acids is 2. The highest BCUT2D eigenvalue weighted by Crippen LogP contribution is 2.33. The van der Waals surface area contributed by atoms with Gasteiger partial charge in [0.1, 0.15) is 18.3 Å². The number of nitrogens with zero attached hydrogens (tertiary/aromatic N) is 2. The highest BCUT2D eigenvalue weighted by Gasteiger charge is 2.33. The predicted molar refractivity (Wildman–Crippen MR) is 152 cm³/mol. The molecule has 0 aliphatic carbocycles. The summed E-state index contributed by atoms with van der Waals surface area (Å²) in [6, 6.07) is 19.6. The largest absolute Gasteiger partial charge is 0.492 e. The molecule has 0 aromatic heterocycles. The maximum Gasteiger partial charge on any atom is 0.264 e. The number of benzene rings is 3. The van der Waals surface area contributed by atoms with Gasteiger partial charge in [0.05, 0.1) is 17.2 Å². The molecular weight excluding hydrogens is 570 g/mol. The van der Waals surface area contributed by atoms with Crippen molar-refractivity contribution in [1.82, 2.24) is 10.2 Å². The van der Waals surface area contributed by atoms with Crippen LogP contribution in [0.3, 0.4) is 0 Å². The van der Waals surface area contributed by atoms with Crippen molar-refractivity contribution in [3.05, 3.63) is 88.4 Å². The molecule has 0 spiro atoms. The third kappa shape index (κ3) is 6.93. The Bertz CT molecular complexity index is 1380. The van der Waals surface area contributed by atoms with Crippen molar-refractivity contribution >= 4 is 43.5 Å². The molecule has 1 N–H and O–H groups in total. The maximum atomic E-state index is 13.9. The summed E-state index contributed by atoms with van der Waals surface area (Å²) in [5.74, 6) is -0.574. The van der Waals surface area contributed by atoms with E-state index in [1.807, 2.05) is 31.2 Å². The first-order valence-corrected chi connectivity index (χ1v) is 14.4. The van der Waals surface area contributed by atoms with Gasteiger partial charge in [-0.3, -0.25) is 13.9 Å². The quantitative estimate of drug-likeness (QED) is 0.349. The second-order valence-electron chi connectivity index (χ2n) is 8.67. The highest BCUT2D eigenvalue weighted by molar-refractivity contribution is 9.10. The molecule has 0 unspecified atom stereocenters. The summed E-state index contributed by atoms with van der Waals surface area (Å²) >= 11 is 3.44. The van der Waals surface area contributed by atoms with Crippen molar-refractivity contribution < 1.29 is 22.7 Å². The van der Waals surface area contributed by atoms with Gasteiger partial charge in [-0.15, -0.1) is 0 Å². The van der Waals surface area contributed by atoms with Crippen LogP contribution in [-0.4, -0.2) is 51.4 Å². The number of nitrogens with one attached hydrogen (secondary N) is 1. The highest BCUT2D eigenvalue weighted by atomic mass is 79.9. The van der Waals surface area contributed by atoms with Gasteiger partial charge < -0.3 is 15.0 Å². The van der Waals surface area contributed by atoms with Crippen molar-refractivity contribution in [3.63, 3.8) is 0 Å². The first-order valence-electron chi connectivity index (χ1n) is 12.1. The molecular formula is C28H32BrN3O5S. The van der Waals surface area contributed by atoms with Crippen LogP contribution in [0.1, 0.15) is 25.0 Å². The van der Waals surface area contributed by atoms with Crippen LogP contribution in [-0.2, 0) is 26.2 Å². The van der Waals surface area contributed by atoms with Crippen molar-refractivity contribution in [3.8, 4) is 5.75 Å². The van der Waals surface area contributed by atoms with Gasteiger partial charge in [0.2, 0.25) is 11.8 Å². The monoisotopic (exact) mass is 601 g/mol. The molecule has 0 saturated carbocycles. The molecule has 0 heterocycles. The van der Waals surface area contributed by atoms with E-state index in [0.717, 1.165) is 19.9 Å². The minimum absolute atomic E-state index is 0.0418. The second kappa shape index (κ2) is 12.9. The standard InChI is InChI=1S/C28H32BrN3O5S/c1-5-37-26-12-7-6-11-25(26)32(38(35,36)24-15-13-20(2)14-16-24)19-27(33)31(21(3)28(34)30-4)18-22-9-8-10-23(29)17-22/h6-17,21H,5,18-19H2,1-4H3,(H,30,34)/t21-/m1/s1. The Labute approximate surface area is 232 Å². The fourth-order valence-electron chi connectivity index (χ4n) is 3.92. The zero-order valence-corrected chi connectivity index (χ0v) is 24.3. The van der Waals surface area contributed by atoms with Crippen LogP contribution in [0.2, 0.25) is 0 Å². The molecule has 0 bridgehead atoms. The summed E-state index contributed by atoms with van der Waals surface area (Å²) < 4.78 is 35.5. The van der Waals surface area contributed by atoms with Crippen LogP contribution in [0.15, 0.2) is 82.2 Å². The van der Waals surface area contributed by atoms with Crippen LogP contribution >= 0.6 is 15.9 Å². The van der Waals surface area contributed by atoms with Gasteiger partial charge in [-0.25, -0.2) is 8.42 Å². The van der Waals surface area contributed by atoms with E-state index < -0.39 is 28.5 Å². The molecule has 2 amide bonds. The van der Waals surface area contributed by atoms with Crippen molar-refractivity contribution in [2.24, 2.45) is 0 Å². The number of anilines is 1. The molecule has 3 aromatic carbocycles. The normalized spacial score (nSPS) is 11.9. The number of amides is 2. The Morgan fingerprint density at radius 2 is 1.71 bits per heavy atom. The first-order chi connectivity index (χ1) is 18.1. The van der Waals surface area contributed by atoms with E-state index in [9.17, 15) is 18.0 Å². The Hall–Kier alpha value is -3.37. The molecule has 202 valence electrons. The first kappa shape index (κ1) is 29.2. The number of aryl methyl sites for hydroxylation is 1. The van der Waals surface area contributed by atoms with E-state index in [4.69, 9.17) is 4.74 Å². The zero-order chi connectivity index (χ0) is 27.9. The number of para-hydroxylation sites is 2. The van der Waals surface area contributed by atoms with E-state index in [-0.39, 0.29) is 23.0 Å². The number of hydrogen-bond donors (Lipinski definition) is 1. The number of carbonyl (C=O) groups is 2. The molecule has 1 atom stereocenters. The molecule has 3 rings (SSSR count). The predicted octanol–water partition coefficient (Wildman–Crippen LogP) is 4.51. The third-order valence-electron chi connectivity index (χ3n) is 5.98. The van der Waals surface area contributed by atoms with Gasteiger partial charge in [-0.1, -0.05) is 57.9 Å². The number of likely N-dealkylation sites (N-methyl/N-ethyl adjacent to an activating group) is 1. The third-order valence-corrected chi connectivity index (χ3v) is 8.24. The summed E-state index contributed by atoms with van der Waals surface area (Å²) in [5, 5.41) is 2.58. The molecule has 0 saturated heterocycles. The molecule has 38 heavy (non-hydrogen) atoms. The molecule has 0 aliphatic rings. The minimum atomic E-state index is -4.17. The number of hydrogen-bond acceptors (Lipinski definition) is 5. The smallest absolute Gasteiger partial charge is 0.264 e. The Kier molecular flexibility index (Phi) is 9.93. The average Bonchev–Trinajstić information content (AvgIpc) is 2.90. The summed E-state index contributed by atoms with van der Waals surface area (Å²) in [7, 11) is -2.68. The topological polar surface area (TPSA) is 96.0 Å². The lowest BCUT2D eigenvalue weighted by Gasteiger charge is -2.32. The second-order valence-corrected chi connectivity index (χ2v) is 11.4. The van der Waals surface area contributed by atoms with Crippen molar-refractivity contribution in [1.29, 1.82) is 0 Å². The van der Waals surface area contributed by atoms with Gasteiger partial charge in [-0.05, 0) is 62.7 Å². The summed E-state index contributed by atoms with van der Waals surface area (Å²) in [6.45, 7) is 5.16. The van der Waals surface area contributed by atoms with Crippen LogP contribution in [0.25, 0.3) is 0 Å². The van der Waals surface area contributed by atoms with Crippen LogP contribution in [0.5, 0.6) is 5.75 Å². The molecule has 0 aliphatic heterocycles. The number of halogens is 1. The minimum Gasteiger partial charge on any atom is -0.492 e. The van der Waals surface area contributed by atoms with Crippen molar-refractivity contribution in [2.75, 3.05) is 24.5 Å². The van der Waals surface area contributed by atoms with E-state index in [1.165, 1.54) is 24.1 Å². The van der Waals surface area contributed by atoms with Gasteiger partial charge >= 0.3 is 0 Å². The Balaban J connectivity index is 2.09. The lowest BCUT2D eigenvalue weighted by molar-refractivity contribution is -0.139. The summed E-state index contributed by atoms with van der Waals surface area (Å²) in [6.07, 6.45) is 0. The zero-order valence-electron chi connectivity index (χ0n) is 21.8. The van der Waals surface area contributed by atoms with Gasteiger partial charge in [0.15, 0.2) is 0 Å². The fraction of sp³-hybridized carbons (Fsp3) is 0.286. The lowest BCUT2D eigenvalue weighted by Crippen LogP contribution is -2.50. The number of ether oxygens (including phenoxy) is 1. The van der Waals surface area contributed by atoms with Crippen molar-refractivity contribution in [2.45, 2.75) is 38.3 Å². The Morgan fingerprint density at radius 1 is 1.03 bits per heavy atom. The number of rotatable bonds is 11.